The molecule has 2 amide bonds. The van der Waals surface area contributed by atoms with Crippen molar-refractivity contribution in [2.75, 3.05) is 32.1 Å². The van der Waals surface area contributed by atoms with E-state index in [1.807, 2.05) is 0 Å². The summed E-state index contributed by atoms with van der Waals surface area (Å²) in [4.78, 5) is 38.1. The number of likely N-dealkylation sites (tertiary alicyclic amines) is 1. The van der Waals surface area contributed by atoms with Gasteiger partial charge in [-0.05, 0) is 44.3 Å². The van der Waals surface area contributed by atoms with E-state index < -0.39 is 11.9 Å². The molecule has 0 atom stereocenters. The van der Waals surface area contributed by atoms with Gasteiger partial charge in [0.15, 0.2) is 0 Å². The Morgan fingerprint density at radius 3 is 2.50 bits per heavy atom. The number of ether oxygens (including phenoxy) is 1. The Kier molecular flexibility index (Phi) is 5.95. The third-order valence-electron chi connectivity index (χ3n) is 4.26. The van der Waals surface area contributed by atoms with Gasteiger partial charge in [-0.3, -0.25) is 14.5 Å². The van der Waals surface area contributed by atoms with Crippen molar-refractivity contribution in [2.45, 2.75) is 26.7 Å². The van der Waals surface area contributed by atoms with Gasteiger partial charge in [-0.1, -0.05) is 6.92 Å². The zero-order valence-electron chi connectivity index (χ0n) is 14.2. The molecule has 0 aromatic carbocycles. The molecule has 132 valence electrons. The summed E-state index contributed by atoms with van der Waals surface area (Å²) in [7, 11) is 1.25. The maximum Gasteiger partial charge on any atom is 0.341 e. The summed E-state index contributed by atoms with van der Waals surface area (Å²) in [5, 5.41) is 3.04. The van der Waals surface area contributed by atoms with Gasteiger partial charge in [0.25, 0.3) is 5.91 Å². The summed E-state index contributed by atoms with van der Waals surface area (Å²) in [6, 6.07) is 0. The highest BCUT2D eigenvalue weighted by atomic mass is 32.1. The SMILES string of the molecule is COC(=O)c1c(NC(=O)CN2CCC(C)CC2)sc(C(N)=O)c1C. The number of amides is 2. The molecule has 3 N–H and O–H groups in total. The second kappa shape index (κ2) is 7.76. The van der Waals surface area contributed by atoms with E-state index in [0.29, 0.717) is 16.5 Å². The number of rotatable bonds is 5. The maximum absolute atomic E-state index is 12.3. The highest BCUT2D eigenvalue weighted by Crippen LogP contribution is 2.33. The summed E-state index contributed by atoms with van der Waals surface area (Å²) in [5.41, 5.74) is 5.95. The van der Waals surface area contributed by atoms with Crippen LogP contribution in [0.1, 0.15) is 45.4 Å². The molecule has 1 saturated heterocycles. The van der Waals surface area contributed by atoms with Crippen LogP contribution in [0.3, 0.4) is 0 Å². The minimum Gasteiger partial charge on any atom is -0.465 e. The predicted octanol–water partition coefficient (Wildman–Crippen LogP) is 1.61. The van der Waals surface area contributed by atoms with E-state index in [1.165, 1.54) is 7.11 Å². The molecule has 7 nitrogen and oxygen atoms in total. The molecule has 2 heterocycles. The number of anilines is 1. The molecule has 0 aliphatic carbocycles. The zero-order valence-corrected chi connectivity index (χ0v) is 15.0. The first-order chi connectivity index (χ1) is 11.3. The van der Waals surface area contributed by atoms with E-state index >= 15 is 0 Å². The third-order valence-corrected chi connectivity index (χ3v) is 5.48. The maximum atomic E-state index is 12.3. The Labute approximate surface area is 145 Å². The fraction of sp³-hybridized carbons (Fsp3) is 0.562. The molecule has 0 radical (unpaired) electrons. The number of nitrogens with zero attached hydrogens (tertiary/aromatic N) is 1. The molecule has 1 fully saturated rings. The quantitative estimate of drug-likeness (QED) is 0.783. The van der Waals surface area contributed by atoms with Gasteiger partial charge < -0.3 is 15.8 Å². The van der Waals surface area contributed by atoms with Gasteiger partial charge in [0.05, 0.1) is 24.1 Å². The molecule has 1 aliphatic rings. The lowest BCUT2D eigenvalue weighted by Crippen LogP contribution is -2.38. The van der Waals surface area contributed by atoms with E-state index in [4.69, 9.17) is 10.5 Å². The summed E-state index contributed by atoms with van der Waals surface area (Å²) >= 11 is 1.00. The molecule has 2 rings (SSSR count). The van der Waals surface area contributed by atoms with Gasteiger partial charge in [0.2, 0.25) is 5.91 Å². The number of thiophene rings is 1. The van der Waals surface area contributed by atoms with Crippen LogP contribution < -0.4 is 11.1 Å². The average Bonchev–Trinajstić information content (AvgIpc) is 2.85. The Balaban J connectivity index is 2.13. The molecular weight excluding hydrogens is 330 g/mol. The topological polar surface area (TPSA) is 102 Å². The van der Waals surface area contributed by atoms with E-state index in [2.05, 4.69) is 17.1 Å². The molecule has 0 bridgehead atoms. The number of nitrogens with two attached hydrogens (primary N) is 1. The van der Waals surface area contributed by atoms with Crippen molar-refractivity contribution in [2.24, 2.45) is 11.7 Å². The van der Waals surface area contributed by atoms with Crippen molar-refractivity contribution in [1.29, 1.82) is 0 Å². The van der Waals surface area contributed by atoms with Crippen molar-refractivity contribution in [3.8, 4) is 0 Å². The number of nitrogens with one attached hydrogen (secondary N) is 1. The number of esters is 1. The molecule has 1 aliphatic heterocycles. The third kappa shape index (κ3) is 4.12. The van der Waals surface area contributed by atoms with Gasteiger partial charge in [-0.25, -0.2) is 4.79 Å². The first kappa shape index (κ1) is 18.4. The minimum absolute atomic E-state index is 0.192. The number of hydrogen-bond donors (Lipinski definition) is 2. The van der Waals surface area contributed by atoms with Gasteiger partial charge in [0.1, 0.15) is 5.00 Å². The average molecular weight is 353 g/mol. The van der Waals surface area contributed by atoms with Crippen molar-refractivity contribution < 1.29 is 19.1 Å². The fourth-order valence-electron chi connectivity index (χ4n) is 2.77. The first-order valence-electron chi connectivity index (χ1n) is 7.87. The van der Waals surface area contributed by atoms with Crippen LogP contribution >= 0.6 is 11.3 Å². The second-order valence-corrected chi connectivity index (χ2v) is 7.14. The van der Waals surface area contributed by atoms with E-state index in [-0.39, 0.29) is 22.9 Å². The number of hydrogen-bond acceptors (Lipinski definition) is 6. The summed E-state index contributed by atoms with van der Waals surface area (Å²) in [6.07, 6.45) is 2.15. The van der Waals surface area contributed by atoms with Crippen LogP contribution in [-0.2, 0) is 9.53 Å². The van der Waals surface area contributed by atoms with Gasteiger partial charge >= 0.3 is 5.97 Å². The normalized spacial score (nSPS) is 16.0. The van der Waals surface area contributed by atoms with Crippen molar-refractivity contribution in [1.82, 2.24) is 4.90 Å². The van der Waals surface area contributed by atoms with Crippen LogP contribution in [0.5, 0.6) is 0 Å². The first-order valence-corrected chi connectivity index (χ1v) is 8.68. The number of primary amides is 1. The van der Waals surface area contributed by atoms with Crippen molar-refractivity contribution in [3.63, 3.8) is 0 Å². The number of methoxy groups -OCH3 is 1. The molecule has 8 heteroatoms. The molecule has 0 saturated carbocycles. The Morgan fingerprint density at radius 1 is 1.33 bits per heavy atom. The summed E-state index contributed by atoms with van der Waals surface area (Å²) in [5.74, 6) is -0.758. The van der Waals surface area contributed by atoms with Gasteiger partial charge in [-0.15, -0.1) is 11.3 Å². The monoisotopic (exact) mass is 353 g/mol. The van der Waals surface area contributed by atoms with E-state index in [0.717, 1.165) is 37.3 Å². The fourth-order valence-corrected chi connectivity index (χ4v) is 3.84. The van der Waals surface area contributed by atoms with E-state index in [9.17, 15) is 14.4 Å². The van der Waals surface area contributed by atoms with E-state index in [1.54, 1.807) is 6.92 Å². The number of carbonyl (C=O) groups is 3. The van der Waals surface area contributed by atoms with Crippen LogP contribution in [0.2, 0.25) is 0 Å². The lowest BCUT2D eigenvalue weighted by molar-refractivity contribution is -0.117. The zero-order chi connectivity index (χ0) is 17.9. The van der Waals surface area contributed by atoms with Crippen LogP contribution in [0, 0.1) is 12.8 Å². The molecule has 24 heavy (non-hydrogen) atoms. The standard InChI is InChI=1S/C16H23N3O4S/c1-9-4-6-19(7-5-9)8-11(20)18-15-12(16(22)23-3)10(2)13(24-15)14(17)21/h9H,4-8H2,1-3H3,(H2,17,21)(H,18,20). The molecule has 0 unspecified atom stereocenters. The number of piperidine rings is 1. The predicted molar refractivity (Wildman–Crippen MR) is 92.4 cm³/mol. The van der Waals surface area contributed by atoms with Gasteiger partial charge in [0, 0.05) is 0 Å². The highest BCUT2D eigenvalue weighted by molar-refractivity contribution is 7.18. The van der Waals surface area contributed by atoms with Crippen LogP contribution in [0.15, 0.2) is 0 Å². The molecular formula is C16H23N3O4S. The Bertz CT molecular complexity index is 648. The van der Waals surface area contributed by atoms with Crippen LogP contribution in [0.25, 0.3) is 0 Å². The molecule has 1 aromatic rings. The van der Waals surface area contributed by atoms with Crippen molar-refractivity contribution in [3.05, 3.63) is 16.0 Å². The lowest BCUT2D eigenvalue weighted by atomic mass is 9.99. The Morgan fingerprint density at radius 2 is 1.96 bits per heavy atom. The summed E-state index contributed by atoms with van der Waals surface area (Å²) in [6.45, 7) is 5.85. The molecule has 1 aromatic heterocycles. The van der Waals surface area contributed by atoms with Crippen LogP contribution in [-0.4, -0.2) is 49.4 Å². The molecule has 0 spiro atoms. The minimum atomic E-state index is -0.631. The van der Waals surface area contributed by atoms with Crippen molar-refractivity contribution >= 4 is 34.1 Å². The largest absolute Gasteiger partial charge is 0.465 e. The Hall–Kier alpha value is -1.93. The second-order valence-electron chi connectivity index (χ2n) is 6.12. The highest BCUT2D eigenvalue weighted by Gasteiger charge is 2.26. The van der Waals surface area contributed by atoms with Crippen LogP contribution in [0.4, 0.5) is 5.00 Å². The smallest absolute Gasteiger partial charge is 0.341 e. The van der Waals surface area contributed by atoms with Gasteiger partial charge in [-0.2, -0.15) is 0 Å². The number of carbonyl (C=O) groups excluding carboxylic acids is 3. The lowest BCUT2D eigenvalue weighted by Gasteiger charge is -2.29. The summed E-state index contributed by atoms with van der Waals surface area (Å²) < 4.78 is 4.75.